The van der Waals surface area contributed by atoms with Crippen LogP contribution in [-0.4, -0.2) is 30.4 Å². The van der Waals surface area contributed by atoms with Crippen LogP contribution in [0.4, 0.5) is 0 Å². The summed E-state index contributed by atoms with van der Waals surface area (Å²) in [7, 11) is 1.43. The molecule has 0 aromatic heterocycles. The van der Waals surface area contributed by atoms with Crippen LogP contribution >= 0.6 is 23.4 Å². The number of ether oxygens (including phenoxy) is 1. The molecule has 0 radical (unpaired) electrons. The first-order valence-corrected chi connectivity index (χ1v) is 7.64. The summed E-state index contributed by atoms with van der Waals surface area (Å²) >= 11 is 7.57. The zero-order valence-electron chi connectivity index (χ0n) is 11.1. The molecule has 1 aromatic carbocycles. The Morgan fingerprint density at radius 2 is 2.32 bits per heavy atom. The van der Waals surface area contributed by atoms with Crippen molar-refractivity contribution < 1.29 is 9.53 Å². The van der Waals surface area contributed by atoms with Gasteiger partial charge < -0.3 is 4.74 Å². The molecule has 0 saturated heterocycles. The highest BCUT2D eigenvalue weighted by atomic mass is 35.5. The first kappa shape index (κ1) is 14.7. The molecule has 104 valence electrons. The number of methoxy groups -OCH3 is 1. The zero-order valence-corrected chi connectivity index (χ0v) is 12.7. The first-order chi connectivity index (χ1) is 9.03. The number of esters is 1. The fourth-order valence-electron chi connectivity index (χ4n) is 1.85. The quantitative estimate of drug-likeness (QED) is 0.647. The van der Waals surface area contributed by atoms with Crippen molar-refractivity contribution in [3.63, 3.8) is 0 Å². The van der Waals surface area contributed by atoms with E-state index in [9.17, 15) is 4.79 Å². The van der Waals surface area contributed by atoms with E-state index in [4.69, 9.17) is 16.3 Å². The summed E-state index contributed by atoms with van der Waals surface area (Å²) in [5.41, 5.74) is -0.650. The molecule has 0 spiro atoms. The highest BCUT2D eigenvalue weighted by molar-refractivity contribution is 7.99. The third kappa shape index (κ3) is 4.13. The predicted molar refractivity (Wildman–Crippen MR) is 78.8 cm³/mol. The highest BCUT2D eigenvalue weighted by Gasteiger charge is 2.39. The second-order valence-corrected chi connectivity index (χ2v) is 6.47. The second kappa shape index (κ2) is 6.16. The van der Waals surface area contributed by atoms with Crippen LogP contribution in [0.25, 0.3) is 0 Å². The van der Waals surface area contributed by atoms with Gasteiger partial charge in [-0.1, -0.05) is 17.7 Å². The van der Waals surface area contributed by atoms with Gasteiger partial charge in [-0.3, -0.25) is 10.1 Å². The molecule has 0 bridgehead atoms. The second-order valence-electron chi connectivity index (χ2n) is 4.99. The van der Waals surface area contributed by atoms with Gasteiger partial charge in [-0.15, -0.1) is 11.8 Å². The molecule has 1 N–H and O–H groups in total. The molecule has 0 heterocycles. The van der Waals surface area contributed by atoms with Crippen LogP contribution in [0.15, 0.2) is 29.2 Å². The Bertz CT molecular complexity index is 465. The monoisotopic (exact) mass is 299 g/mol. The number of carbonyl (C=O) groups excluding carboxylic acids is 1. The van der Waals surface area contributed by atoms with E-state index < -0.39 is 5.54 Å². The number of benzene rings is 1. The topological polar surface area (TPSA) is 38.3 Å². The van der Waals surface area contributed by atoms with Crippen LogP contribution in [-0.2, 0) is 9.53 Å². The fourth-order valence-corrected chi connectivity index (χ4v) is 3.14. The van der Waals surface area contributed by atoms with Crippen LogP contribution < -0.4 is 5.32 Å². The Hall–Kier alpha value is -0.710. The van der Waals surface area contributed by atoms with Crippen LogP contribution in [0.2, 0.25) is 5.02 Å². The molecule has 1 aliphatic rings. The van der Waals surface area contributed by atoms with Crippen molar-refractivity contribution in [2.45, 2.75) is 36.2 Å². The molecule has 5 heteroatoms. The number of nitrogens with one attached hydrogen (secondary N) is 1. The summed E-state index contributed by atoms with van der Waals surface area (Å²) in [6.45, 7) is 1.90. The Morgan fingerprint density at radius 1 is 1.58 bits per heavy atom. The Kier molecular flexibility index (Phi) is 4.76. The fraction of sp³-hybridized carbons (Fsp3) is 0.500. The summed E-state index contributed by atoms with van der Waals surface area (Å²) in [6, 6.07) is 8.10. The number of thioether (sulfide) groups is 1. The molecule has 1 saturated carbocycles. The van der Waals surface area contributed by atoms with E-state index in [-0.39, 0.29) is 5.97 Å². The van der Waals surface area contributed by atoms with E-state index >= 15 is 0 Å². The Balaban J connectivity index is 2.01. The minimum atomic E-state index is -0.650. The van der Waals surface area contributed by atoms with Gasteiger partial charge in [0.2, 0.25) is 0 Å². The number of hydrogen-bond acceptors (Lipinski definition) is 4. The van der Waals surface area contributed by atoms with Crippen LogP contribution in [0, 0.1) is 0 Å². The molecular weight excluding hydrogens is 282 g/mol. The van der Waals surface area contributed by atoms with E-state index in [2.05, 4.69) is 5.32 Å². The number of hydrogen-bond donors (Lipinski definition) is 1. The summed E-state index contributed by atoms with van der Waals surface area (Å²) in [5, 5.41) is 4.08. The SMILES string of the molecule is COC(=O)C(C)(CSc1cccc(Cl)c1)NC1CC1. The predicted octanol–water partition coefficient (Wildman–Crippen LogP) is 3.12. The lowest BCUT2D eigenvalue weighted by Crippen LogP contribution is -2.53. The lowest BCUT2D eigenvalue weighted by atomic mass is 10.1. The van der Waals surface area contributed by atoms with Crippen molar-refractivity contribution in [2.75, 3.05) is 12.9 Å². The molecule has 1 aliphatic carbocycles. The minimum absolute atomic E-state index is 0.214. The van der Waals surface area contributed by atoms with E-state index in [0.717, 1.165) is 17.7 Å². The van der Waals surface area contributed by atoms with Crippen molar-refractivity contribution in [1.29, 1.82) is 0 Å². The van der Waals surface area contributed by atoms with Gasteiger partial charge in [-0.05, 0) is 38.0 Å². The smallest absolute Gasteiger partial charge is 0.326 e. The van der Waals surface area contributed by atoms with E-state index in [1.165, 1.54) is 7.11 Å². The van der Waals surface area contributed by atoms with E-state index in [1.807, 2.05) is 31.2 Å². The lowest BCUT2D eigenvalue weighted by molar-refractivity contribution is -0.146. The first-order valence-electron chi connectivity index (χ1n) is 6.28. The van der Waals surface area contributed by atoms with Crippen molar-refractivity contribution >= 4 is 29.3 Å². The maximum atomic E-state index is 12.0. The molecule has 0 aliphatic heterocycles. The maximum Gasteiger partial charge on any atom is 0.326 e. The highest BCUT2D eigenvalue weighted by Crippen LogP contribution is 2.29. The number of carbonyl (C=O) groups is 1. The van der Waals surface area contributed by atoms with Gasteiger partial charge in [0.25, 0.3) is 0 Å². The third-order valence-electron chi connectivity index (χ3n) is 3.06. The maximum absolute atomic E-state index is 12.0. The molecule has 0 amide bonds. The summed E-state index contributed by atoms with van der Waals surface area (Å²) < 4.78 is 4.92. The Morgan fingerprint density at radius 3 is 2.89 bits per heavy atom. The zero-order chi connectivity index (χ0) is 13.9. The largest absolute Gasteiger partial charge is 0.468 e. The van der Waals surface area contributed by atoms with E-state index in [1.54, 1.807) is 11.8 Å². The molecular formula is C14H18ClNO2S. The van der Waals surface area contributed by atoms with Gasteiger partial charge in [0.05, 0.1) is 7.11 Å². The van der Waals surface area contributed by atoms with Crippen molar-refractivity contribution in [3.05, 3.63) is 29.3 Å². The van der Waals surface area contributed by atoms with Crippen LogP contribution in [0.3, 0.4) is 0 Å². The Labute approximate surface area is 123 Å². The van der Waals surface area contributed by atoms with Crippen LogP contribution in [0.1, 0.15) is 19.8 Å². The normalized spacial score (nSPS) is 17.8. The molecule has 1 atom stereocenters. The number of rotatable bonds is 6. The summed E-state index contributed by atoms with van der Waals surface area (Å²) in [4.78, 5) is 13.0. The average molecular weight is 300 g/mol. The molecule has 2 rings (SSSR count). The van der Waals surface area contributed by atoms with Gasteiger partial charge in [0.1, 0.15) is 5.54 Å². The molecule has 19 heavy (non-hydrogen) atoms. The van der Waals surface area contributed by atoms with Gasteiger partial charge in [-0.2, -0.15) is 0 Å². The van der Waals surface area contributed by atoms with Crippen molar-refractivity contribution in [3.8, 4) is 0 Å². The van der Waals surface area contributed by atoms with Crippen molar-refractivity contribution in [1.82, 2.24) is 5.32 Å². The molecule has 1 unspecified atom stereocenters. The molecule has 1 aromatic rings. The summed E-state index contributed by atoms with van der Waals surface area (Å²) in [6.07, 6.45) is 2.27. The van der Waals surface area contributed by atoms with Crippen LogP contribution in [0.5, 0.6) is 0 Å². The number of halogens is 1. The van der Waals surface area contributed by atoms with E-state index in [0.29, 0.717) is 16.8 Å². The standard InChI is InChI=1S/C14H18ClNO2S/c1-14(13(17)18-2,16-11-6-7-11)9-19-12-5-3-4-10(15)8-12/h3-5,8,11,16H,6-7,9H2,1-2H3. The lowest BCUT2D eigenvalue weighted by Gasteiger charge is -2.27. The van der Waals surface area contributed by atoms with Gasteiger partial charge in [0.15, 0.2) is 0 Å². The average Bonchev–Trinajstić information content (AvgIpc) is 3.19. The van der Waals surface area contributed by atoms with Gasteiger partial charge >= 0.3 is 5.97 Å². The third-order valence-corrected chi connectivity index (χ3v) is 4.60. The molecule has 3 nitrogen and oxygen atoms in total. The van der Waals surface area contributed by atoms with Gasteiger partial charge in [-0.25, -0.2) is 0 Å². The van der Waals surface area contributed by atoms with Crippen molar-refractivity contribution in [2.24, 2.45) is 0 Å². The molecule has 1 fully saturated rings. The minimum Gasteiger partial charge on any atom is -0.468 e. The summed E-state index contributed by atoms with van der Waals surface area (Å²) in [5.74, 6) is 0.408. The van der Waals surface area contributed by atoms with Gasteiger partial charge in [0, 0.05) is 21.7 Å².